The average Bonchev–Trinajstić information content (AvgIpc) is 2.78. The summed E-state index contributed by atoms with van der Waals surface area (Å²) in [5.74, 6) is 0.0906. The third-order valence-electron chi connectivity index (χ3n) is 6.78. The maximum Gasteiger partial charge on any atom is 0.315 e. The van der Waals surface area contributed by atoms with Crippen LogP contribution in [0.15, 0.2) is 24.3 Å². The minimum atomic E-state index is -0.0465. The second-order valence-corrected chi connectivity index (χ2v) is 9.37. The van der Waals surface area contributed by atoms with Gasteiger partial charge in [-0.2, -0.15) is 0 Å². The minimum Gasteiger partial charge on any atom is -0.338 e. The van der Waals surface area contributed by atoms with Crippen molar-refractivity contribution in [2.75, 3.05) is 19.6 Å². The first-order valence-electron chi connectivity index (χ1n) is 12.2. The number of piperidine rings is 1. The predicted octanol–water partition coefficient (Wildman–Crippen LogP) is 4.15. The molecule has 1 heterocycles. The van der Waals surface area contributed by atoms with Crippen LogP contribution in [0, 0.1) is 0 Å². The number of hydrogen-bond acceptors (Lipinski definition) is 3. The first-order chi connectivity index (χ1) is 15.0. The van der Waals surface area contributed by atoms with Crippen LogP contribution in [-0.2, 0) is 6.54 Å². The summed E-state index contributed by atoms with van der Waals surface area (Å²) in [6, 6.07) is 8.97. The van der Waals surface area contributed by atoms with E-state index in [1.165, 1.54) is 24.8 Å². The van der Waals surface area contributed by atoms with Crippen LogP contribution in [0.1, 0.15) is 81.6 Å². The molecule has 1 aliphatic heterocycles. The van der Waals surface area contributed by atoms with Gasteiger partial charge in [0.1, 0.15) is 0 Å². The Kier molecular flexibility index (Phi) is 8.76. The molecule has 1 aromatic carbocycles. The summed E-state index contributed by atoms with van der Waals surface area (Å²) in [5.41, 5.74) is 1.98. The first-order valence-corrected chi connectivity index (χ1v) is 12.2. The number of rotatable bonds is 7. The van der Waals surface area contributed by atoms with E-state index in [-0.39, 0.29) is 18.0 Å². The molecule has 6 heteroatoms. The van der Waals surface area contributed by atoms with Crippen LogP contribution in [0.4, 0.5) is 4.79 Å². The number of benzene rings is 1. The third kappa shape index (κ3) is 6.96. The summed E-state index contributed by atoms with van der Waals surface area (Å²) < 4.78 is 0. The van der Waals surface area contributed by atoms with Gasteiger partial charge < -0.3 is 15.5 Å². The van der Waals surface area contributed by atoms with Crippen LogP contribution < -0.4 is 10.6 Å². The molecule has 0 atom stereocenters. The third-order valence-corrected chi connectivity index (χ3v) is 6.78. The quantitative estimate of drug-likeness (QED) is 0.686. The molecule has 172 valence electrons. The Morgan fingerprint density at radius 2 is 1.55 bits per heavy atom. The number of hydrogen-bond donors (Lipinski definition) is 2. The van der Waals surface area contributed by atoms with Crippen molar-refractivity contribution in [1.29, 1.82) is 0 Å². The Morgan fingerprint density at radius 3 is 2.10 bits per heavy atom. The number of carbonyl (C=O) groups is 2. The van der Waals surface area contributed by atoms with Crippen molar-refractivity contribution in [1.82, 2.24) is 20.4 Å². The van der Waals surface area contributed by atoms with Gasteiger partial charge in [0.15, 0.2) is 0 Å². The van der Waals surface area contributed by atoms with Crippen molar-refractivity contribution in [2.24, 2.45) is 0 Å². The number of nitrogens with zero attached hydrogens (tertiary/aromatic N) is 2. The lowest BCUT2D eigenvalue weighted by molar-refractivity contribution is 0.0708. The minimum absolute atomic E-state index is 0.0465. The molecule has 2 N–H and O–H groups in total. The topological polar surface area (TPSA) is 64.7 Å². The van der Waals surface area contributed by atoms with Gasteiger partial charge in [-0.25, -0.2) is 4.79 Å². The van der Waals surface area contributed by atoms with E-state index in [1.54, 1.807) is 0 Å². The van der Waals surface area contributed by atoms with Gasteiger partial charge in [0, 0.05) is 43.3 Å². The molecule has 0 spiro atoms. The molecule has 2 fully saturated rings. The number of amides is 3. The van der Waals surface area contributed by atoms with Gasteiger partial charge in [0.2, 0.25) is 0 Å². The van der Waals surface area contributed by atoms with Gasteiger partial charge in [-0.05, 0) is 63.8 Å². The van der Waals surface area contributed by atoms with Crippen molar-refractivity contribution in [3.8, 4) is 0 Å². The van der Waals surface area contributed by atoms with E-state index >= 15 is 0 Å². The van der Waals surface area contributed by atoms with E-state index in [4.69, 9.17) is 0 Å². The second kappa shape index (κ2) is 11.5. The Hall–Kier alpha value is -2.08. The van der Waals surface area contributed by atoms with Crippen LogP contribution in [0.2, 0.25) is 0 Å². The summed E-state index contributed by atoms with van der Waals surface area (Å²) in [6.45, 7) is 9.88. The van der Waals surface area contributed by atoms with E-state index in [2.05, 4.69) is 48.4 Å². The van der Waals surface area contributed by atoms with Crippen molar-refractivity contribution in [2.45, 2.75) is 90.4 Å². The largest absolute Gasteiger partial charge is 0.338 e. The Balaban J connectivity index is 1.43. The van der Waals surface area contributed by atoms with Gasteiger partial charge in [-0.1, -0.05) is 38.3 Å². The summed E-state index contributed by atoms with van der Waals surface area (Å²) in [6.07, 6.45) is 7.50. The summed E-state index contributed by atoms with van der Waals surface area (Å²) in [7, 11) is 0. The Bertz CT molecular complexity index is 705. The average molecular weight is 429 g/mol. The van der Waals surface area contributed by atoms with Gasteiger partial charge in [-0.3, -0.25) is 9.69 Å². The highest BCUT2D eigenvalue weighted by molar-refractivity contribution is 5.94. The van der Waals surface area contributed by atoms with E-state index in [1.807, 2.05) is 17.0 Å². The van der Waals surface area contributed by atoms with Crippen molar-refractivity contribution in [3.05, 3.63) is 35.4 Å². The molecule has 1 saturated heterocycles. The van der Waals surface area contributed by atoms with Crippen LogP contribution in [0.25, 0.3) is 0 Å². The zero-order valence-electron chi connectivity index (χ0n) is 19.5. The maximum atomic E-state index is 12.9. The fourth-order valence-corrected chi connectivity index (χ4v) is 4.72. The number of nitrogens with one attached hydrogen (secondary N) is 2. The molecule has 0 aromatic heterocycles. The van der Waals surface area contributed by atoms with E-state index in [0.29, 0.717) is 25.2 Å². The Labute approximate surface area is 187 Å². The van der Waals surface area contributed by atoms with Gasteiger partial charge in [0.25, 0.3) is 5.91 Å². The standard InChI is InChI=1S/C25H40N4O2/c1-4-28(19(2)3)18-20-10-12-21(13-11-20)24(30)29-16-14-23(15-17-29)27-25(31)26-22-8-6-5-7-9-22/h10-13,19,22-23H,4-9,14-18H2,1-3H3,(H2,26,27,31). The molecule has 1 saturated carbocycles. The molecule has 31 heavy (non-hydrogen) atoms. The van der Waals surface area contributed by atoms with Gasteiger partial charge >= 0.3 is 6.03 Å². The zero-order valence-corrected chi connectivity index (χ0v) is 19.5. The molecule has 3 amide bonds. The number of urea groups is 1. The summed E-state index contributed by atoms with van der Waals surface area (Å²) in [4.78, 5) is 29.5. The van der Waals surface area contributed by atoms with Crippen molar-refractivity contribution < 1.29 is 9.59 Å². The number of likely N-dealkylation sites (tertiary alicyclic amines) is 1. The van der Waals surface area contributed by atoms with Gasteiger partial charge in [-0.15, -0.1) is 0 Å². The fraction of sp³-hybridized carbons (Fsp3) is 0.680. The lowest BCUT2D eigenvalue weighted by Crippen LogP contribution is -2.51. The molecule has 3 rings (SSSR count). The van der Waals surface area contributed by atoms with E-state index < -0.39 is 0 Å². The highest BCUT2D eigenvalue weighted by Gasteiger charge is 2.25. The lowest BCUT2D eigenvalue weighted by Gasteiger charge is -2.33. The normalized spacial score (nSPS) is 18.4. The fourth-order valence-electron chi connectivity index (χ4n) is 4.72. The summed E-state index contributed by atoms with van der Waals surface area (Å²) in [5, 5.41) is 6.23. The van der Waals surface area contributed by atoms with E-state index in [0.717, 1.165) is 44.3 Å². The van der Waals surface area contributed by atoms with E-state index in [9.17, 15) is 9.59 Å². The van der Waals surface area contributed by atoms with Crippen LogP contribution in [-0.4, -0.2) is 59.5 Å². The maximum absolute atomic E-state index is 12.9. The molecule has 0 bridgehead atoms. The highest BCUT2D eigenvalue weighted by atomic mass is 16.2. The Morgan fingerprint density at radius 1 is 0.968 bits per heavy atom. The zero-order chi connectivity index (χ0) is 22.2. The molecule has 0 unspecified atom stereocenters. The van der Waals surface area contributed by atoms with Crippen LogP contribution >= 0.6 is 0 Å². The molecule has 0 radical (unpaired) electrons. The van der Waals surface area contributed by atoms with Crippen molar-refractivity contribution in [3.63, 3.8) is 0 Å². The molecule has 6 nitrogen and oxygen atoms in total. The molecule has 1 aromatic rings. The molecule has 2 aliphatic rings. The van der Waals surface area contributed by atoms with Crippen molar-refractivity contribution >= 4 is 11.9 Å². The molecule has 1 aliphatic carbocycles. The molecular weight excluding hydrogens is 388 g/mol. The molecular formula is C25H40N4O2. The van der Waals surface area contributed by atoms with Gasteiger partial charge in [0.05, 0.1) is 0 Å². The van der Waals surface area contributed by atoms with Crippen LogP contribution in [0.5, 0.6) is 0 Å². The first kappa shape index (κ1) is 23.6. The lowest BCUT2D eigenvalue weighted by atomic mass is 9.96. The summed E-state index contributed by atoms with van der Waals surface area (Å²) >= 11 is 0. The number of carbonyl (C=O) groups excluding carboxylic acids is 2. The SMILES string of the molecule is CCN(Cc1ccc(C(=O)N2CCC(NC(=O)NC3CCCCC3)CC2)cc1)C(C)C. The smallest absolute Gasteiger partial charge is 0.315 e. The second-order valence-electron chi connectivity index (χ2n) is 9.37. The predicted molar refractivity (Wildman–Crippen MR) is 125 cm³/mol. The van der Waals surface area contributed by atoms with Crippen LogP contribution in [0.3, 0.4) is 0 Å². The monoisotopic (exact) mass is 428 g/mol. The highest BCUT2D eigenvalue weighted by Crippen LogP contribution is 2.18.